The van der Waals surface area contributed by atoms with Gasteiger partial charge in [-0.3, -0.25) is 4.79 Å². The van der Waals surface area contributed by atoms with Gasteiger partial charge in [-0.2, -0.15) is 4.72 Å². The lowest BCUT2D eigenvalue weighted by molar-refractivity contribution is -0.146. The lowest BCUT2D eigenvalue weighted by Gasteiger charge is -2.14. The first-order chi connectivity index (χ1) is 11.3. The molecule has 128 valence electrons. The Morgan fingerprint density at radius 1 is 1.08 bits per heavy atom. The Hall–Kier alpha value is -2.32. The molecule has 0 bridgehead atoms. The highest BCUT2D eigenvalue weighted by Gasteiger charge is 2.25. The van der Waals surface area contributed by atoms with Gasteiger partial charge in [-0.05, 0) is 25.1 Å². The van der Waals surface area contributed by atoms with Gasteiger partial charge in [0.05, 0.1) is 0 Å². The maximum Gasteiger partial charge on any atom is 0.324 e. The Morgan fingerprint density at radius 3 is 2.29 bits per heavy atom. The second-order valence-corrected chi connectivity index (χ2v) is 6.65. The van der Waals surface area contributed by atoms with Crippen LogP contribution in [0.25, 0.3) is 0 Å². The molecule has 2 aromatic carbocycles. The van der Waals surface area contributed by atoms with Crippen molar-refractivity contribution in [3.63, 3.8) is 0 Å². The van der Waals surface area contributed by atoms with E-state index in [1.165, 1.54) is 37.3 Å². The van der Waals surface area contributed by atoms with E-state index in [2.05, 4.69) is 0 Å². The second kappa shape index (κ2) is 7.50. The molecular weight excluding hydrogens is 340 g/mol. The molecule has 1 unspecified atom stereocenters. The minimum Gasteiger partial charge on any atom is -0.460 e. The van der Waals surface area contributed by atoms with E-state index >= 15 is 0 Å². The van der Waals surface area contributed by atoms with Crippen LogP contribution in [0.3, 0.4) is 0 Å². The SMILES string of the molecule is CC(NS(=O)(=O)c1ccccc1F)C(=O)OCc1ccccc1F. The van der Waals surface area contributed by atoms with Gasteiger partial charge >= 0.3 is 5.97 Å². The molecule has 0 spiro atoms. The average Bonchev–Trinajstić information content (AvgIpc) is 2.53. The van der Waals surface area contributed by atoms with Crippen LogP contribution in [0.15, 0.2) is 53.4 Å². The topological polar surface area (TPSA) is 72.5 Å². The van der Waals surface area contributed by atoms with Crippen molar-refractivity contribution in [2.24, 2.45) is 0 Å². The molecule has 8 heteroatoms. The first-order valence-electron chi connectivity index (χ1n) is 6.98. The number of hydrogen-bond donors (Lipinski definition) is 1. The number of esters is 1. The van der Waals surface area contributed by atoms with Crippen molar-refractivity contribution < 1.29 is 26.7 Å². The average molecular weight is 355 g/mol. The molecule has 0 aliphatic heterocycles. The molecule has 2 aromatic rings. The van der Waals surface area contributed by atoms with Crippen LogP contribution in [0.5, 0.6) is 0 Å². The van der Waals surface area contributed by atoms with Crippen molar-refractivity contribution in [3.05, 3.63) is 65.7 Å². The summed E-state index contributed by atoms with van der Waals surface area (Å²) in [7, 11) is -4.23. The van der Waals surface area contributed by atoms with Crippen LogP contribution in [-0.4, -0.2) is 20.4 Å². The minimum atomic E-state index is -4.23. The zero-order valence-corrected chi connectivity index (χ0v) is 13.5. The van der Waals surface area contributed by atoms with Crippen LogP contribution >= 0.6 is 0 Å². The number of carbonyl (C=O) groups is 1. The molecule has 0 fully saturated rings. The van der Waals surface area contributed by atoms with Crippen molar-refractivity contribution in [1.82, 2.24) is 4.72 Å². The molecule has 0 amide bonds. The van der Waals surface area contributed by atoms with Gasteiger partial charge in [0.2, 0.25) is 10.0 Å². The summed E-state index contributed by atoms with van der Waals surface area (Å²) in [5, 5.41) is 0. The van der Waals surface area contributed by atoms with Crippen LogP contribution in [0, 0.1) is 11.6 Å². The fraction of sp³-hybridized carbons (Fsp3) is 0.188. The zero-order valence-electron chi connectivity index (χ0n) is 12.7. The molecule has 0 aliphatic rings. The largest absolute Gasteiger partial charge is 0.460 e. The smallest absolute Gasteiger partial charge is 0.324 e. The number of hydrogen-bond acceptors (Lipinski definition) is 4. The Labute approximate surface area is 138 Å². The molecule has 0 aromatic heterocycles. The van der Waals surface area contributed by atoms with Crippen LogP contribution in [0.4, 0.5) is 8.78 Å². The molecule has 0 saturated heterocycles. The number of nitrogens with one attached hydrogen (secondary N) is 1. The maximum atomic E-state index is 13.6. The summed E-state index contributed by atoms with van der Waals surface area (Å²) in [5.41, 5.74) is 0.162. The Bertz CT molecular complexity index is 839. The van der Waals surface area contributed by atoms with Crippen LogP contribution in [-0.2, 0) is 26.2 Å². The molecular formula is C16H15F2NO4S. The summed E-state index contributed by atoms with van der Waals surface area (Å²) < 4.78 is 58.1. The van der Waals surface area contributed by atoms with Crippen molar-refractivity contribution in [3.8, 4) is 0 Å². The molecule has 5 nitrogen and oxygen atoms in total. The highest BCUT2D eigenvalue weighted by Crippen LogP contribution is 2.14. The van der Waals surface area contributed by atoms with E-state index in [1.54, 1.807) is 6.07 Å². The lowest BCUT2D eigenvalue weighted by Crippen LogP contribution is -2.39. The van der Waals surface area contributed by atoms with Gasteiger partial charge < -0.3 is 4.74 Å². The molecule has 1 N–H and O–H groups in total. The summed E-state index contributed by atoms with van der Waals surface area (Å²) in [5.74, 6) is -2.38. The van der Waals surface area contributed by atoms with E-state index in [0.29, 0.717) is 0 Å². The van der Waals surface area contributed by atoms with E-state index in [0.717, 1.165) is 12.1 Å². The highest BCUT2D eigenvalue weighted by atomic mass is 32.2. The quantitative estimate of drug-likeness (QED) is 0.808. The van der Waals surface area contributed by atoms with Gasteiger partial charge in [-0.1, -0.05) is 30.3 Å². The van der Waals surface area contributed by atoms with E-state index in [-0.39, 0.29) is 12.2 Å². The number of carbonyl (C=O) groups excluding carboxylic acids is 1. The predicted molar refractivity (Wildman–Crippen MR) is 82.4 cm³/mol. The third-order valence-corrected chi connectivity index (χ3v) is 4.71. The third kappa shape index (κ3) is 4.36. The van der Waals surface area contributed by atoms with Crippen LogP contribution in [0.2, 0.25) is 0 Å². The molecule has 0 aliphatic carbocycles. The van der Waals surface area contributed by atoms with Gasteiger partial charge in [0, 0.05) is 5.56 Å². The van der Waals surface area contributed by atoms with Crippen molar-refractivity contribution in [2.75, 3.05) is 0 Å². The van der Waals surface area contributed by atoms with E-state index in [4.69, 9.17) is 4.74 Å². The minimum absolute atomic E-state index is 0.162. The van der Waals surface area contributed by atoms with Crippen molar-refractivity contribution in [2.45, 2.75) is 24.5 Å². The van der Waals surface area contributed by atoms with E-state index in [9.17, 15) is 22.0 Å². The summed E-state index contributed by atoms with van der Waals surface area (Å²) >= 11 is 0. The molecule has 0 heterocycles. The fourth-order valence-corrected chi connectivity index (χ4v) is 3.17. The Morgan fingerprint density at radius 2 is 1.67 bits per heavy atom. The van der Waals surface area contributed by atoms with Gasteiger partial charge in [0.1, 0.15) is 29.2 Å². The number of ether oxygens (including phenoxy) is 1. The summed E-state index contributed by atoms with van der Waals surface area (Å²) in [6.45, 7) is 0.916. The summed E-state index contributed by atoms with van der Waals surface area (Å²) in [6, 6.07) is 9.25. The first-order valence-corrected chi connectivity index (χ1v) is 8.46. The van der Waals surface area contributed by atoms with E-state index in [1.807, 2.05) is 4.72 Å². The van der Waals surface area contributed by atoms with Crippen LogP contribution < -0.4 is 4.72 Å². The van der Waals surface area contributed by atoms with Gasteiger partial charge in [0.25, 0.3) is 0 Å². The third-order valence-electron chi connectivity index (χ3n) is 3.14. The number of halogens is 2. The van der Waals surface area contributed by atoms with Crippen molar-refractivity contribution in [1.29, 1.82) is 0 Å². The monoisotopic (exact) mass is 355 g/mol. The lowest BCUT2D eigenvalue weighted by atomic mass is 10.2. The number of rotatable bonds is 6. The molecule has 0 radical (unpaired) electrons. The van der Waals surface area contributed by atoms with Crippen LogP contribution in [0.1, 0.15) is 12.5 Å². The van der Waals surface area contributed by atoms with Gasteiger partial charge in [-0.15, -0.1) is 0 Å². The molecule has 0 saturated carbocycles. The van der Waals surface area contributed by atoms with Crippen molar-refractivity contribution >= 4 is 16.0 Å². The highest BCUT2D eigenvalue weighted by molar-refractivity contribution is 7.89. The fourth-order valence-electron chi connectivity index (χ4n) is 1.90. The maximum absolute atomic E-state index is 13.6. The Balaban J connectivity index is 2.01. The zero-order chi connectivity index (χ0) is 17.7. The first kappa shape index (κ1) is 18.0. The molecule has 2 rings (SSSR count). The Kier molecular flexibility index (Phi) is 5.63. The second-order valence-electron chi connectivity index (χ2n) is 4.97. The predicted octanol–water partition coefficient (Wildman–Crippen LogP) is 2.38. The normalized spacial score (nSPS) is 12.6. The summed E-state index contributed by atoms with van der Waals surface area (Å²) in [4.78, 5) is 11.3. The van der Waals surface area contributed by atoms with Gasteiger partial charge in [-0.25, -0.2) is 17.2 Å². The molecule has 24 heavy (non-hydrogen) atoms. The molecule has 1 atom stereocenters. The van der Waals surface area contributed by atoms with Gasteiger partial charge in [0.15, 0.2) is 0 Å². The summed E-state index contributed by atoms with van der Waals surface area (Å²) in [6.07, 6.45) is 0. The number of sulfonamides is 1. The standard InChI is InChI=1S/C16H15F2NO4S/c1-11(16(20)23-10-12-6-2-3-7-13(12)17)19-24(21,22)15-9-5-4-8-14(15)18/h2-9,11,19H,10H2,1H3. The number of benzene rings is 2. The van der Waals surface area contributed by atoms with E-state index < -0.39 is 38.6 Å².